The number of benzene rings is 2. The SMILES string of the molecule is Clc1ccc(OCCSc2nnc(-c3ccncc3)n2-c2ccccc2)cc1. The van der Waals surface area contributed by atoms with Crippen LogP contribution in [0.3, 0.4) is 0 Å². The third kappa shape index (κ3) is 4.35. The van der Waals surface area contributed by atoms with Gasteiger partial charge in [-0.3, -0.25) is 9.55 Å². The lowest BCUT2D eigenvalue weighted by molar-refractivity contribution is 0.344. The maximum atomic E-state index is 5.90. The Hall–Kier alpha value is -2.83. The summed E-state index contributed by atoms with van der Waals surface area (Å²) >= 11 is 7.50. The van der Waals surface area contributed by atoms with Crippen LogP contribution in [0.25, 0.3) is 17.1 Å². The quantitative estimate of drug-likeness (QED) is 0.312. The zero-order chi connectivity index (χ0) is 19.2. The Kier molecular flexibility index (Phi) is 5.89. The zero-order valence-electron chi connectivity index (χ0n) is 14.9. The first-order chi connectivity index (χ1) is 13.8. The summed E-state index contributed by atoms with van der Waals surface area (Å²) < 4.78 is 7.83. The minimum Gasteiger partial charge on any atom is -0.493 e. The fraction of sp³-hybridized carbons (Fsp3) is 0.0952. The average Bonchev–Trinajstić information content (AvgIpc) is 3.18. The normalized spacial score (nSPS) is 10.8. The van der Waals surface area contributed by atoms with Gasteiger partial charge in [0.2, 0.25) is 0 Å². The summed E-state index contributed by atoms with van der Waals surface area (Å²) in [5, 5.41) is 10.3. The molecule has 2 aromatic carbocycles. The van der Waals surface area contributed by atoms with Crippen LogP contribution in [0.15, 0.2) is 84.3 Å². The summed E-state index contributed by atoms with van der Waals surface area (Å²) in [5.74, 6) is 2.32. The highest BCUT2D eigenvalue weighted by molar-refractivity contribution is 7.99. The molecule has 0 aliphatic rings. The predicted octanol–water partition coefficient (Wildman–Crippen LogP) is 5.15. The molecule has 5 nitrogen and oxygen atoms in total. The number of nitrogens with zero attached hydrogens (tertiary/aromatic N) is 4. The van der Waals surface area contributed by atoms with Gasteiger partial charge in [0.25, 0.3) is 0 Å². The summed E-state index contributed by atoms with van der Waals surface area (Å²) in [6.45, 7) is 0.554. The molecule has 2 heterocycles. The molecule has 0 amide bonds. The minimum absolute atomic E-state index is 0.554. The lowest BCUT2D eigenvalue weighted by atomic mass is 10.2. The van der Waals surface area contributed by atoms with Crippen molar-refractivity contribution in [2.45, 2.75) is 5.16 Å². The van der Waals surface area contributed by atoms with Gasteiger partial charge in [0.05, 0.1) is 6.61 Å². The Morgan fingerprint density at radius 1 is 0.893 bits per heavy atom. The van der Waals surface area contributed by atoms with Gasteiger partial charge in [-0.2, -0.15) is 0 Å². The van der Waals surface area contributed by atoms with Crippen molar-refractivity contribution < 1.29 is 4.74 Å². The van der Waals surface area contributed by atoms with Crippen LogP contribution < -0.4 is 4.74 Å². The minimum atomic E-state index is 0.554. The van der Waals surface area contributed by atoms with Gasteiger partial charge in [-0.1, -0.05) is 41.6 Å². The van der Waals surface area contributed by atoms with Crippen molar-refractivity contribution in [1.82, 2.24) is 19.7 Å². The molecule has 2 aromatic heterocycles. The highest BCUT2D eigenvalue weighted by Crippen LogP contribution is 2.27. The number of ether oxygens (including phenoxy) is 1. The predicted molar refractivity (Wildman–Crippen MR) is 112 cm³/mol. The van der Waals surface area contributed by atoms with E-state index in [0.717, 1.165) is 33.7 Å². The van der Waals surface area contributed by atoms with Crippen LogP contribution in [-0.2, 0) is 0 Å². The van der Waals surface area contributed by atoms with Gasteiger partial charge in [0.1, 0.15) is 5.75 Å². The Labute approximate surface area is 172 Å². The molecule has 28 heavy (non-hydrogen) atoms. The van der Waals surface area contributed by atoms with Gasteiger partial charge in [-0.25, -0.2) is 0 Å². The number of halogens is 1. The van der Waals surface area contributed by atoms with E-state index in [0.29, 0.717) is 11.6 Å². The van der Waals surface area contributed by atoms with E-state index < -0.39 is 0 Å². The molecule has 0 atom stereocenters. The monoisotopic (exact) mass is 408 g/mol. The third-order valence-electron chi connectivity index (χ3n) is 3.98. The summed E-state index contributed by atoms with van der Waals surface area (Å²) in [6.07, 6.45) is 3.51. The number of aromatic nitrogens is 4. The first-order valence-electron chi connectivity index (χ1n) is 8.74. The second kappa shape index (κ2) is 8.91. The molecule has 0 saturated carbocycles. The van der Waals surface area contributed by atoms with E-state index in [2.05, 4.69) is 19.7 Å². The molecule has 0 fully saturated rings. The van der Waals surface area contributed by atoms with Crippen molar-refractivity contribution in [1.29, 1.82) is 0 Å². The standard InChI is InChI=1S/C21H17ClN4OS/c22-17-6-8-19(9-7-17)27-14-15-28-21-25-24-20(16-10-12-23-13-11-16)26(21)18-4-2-1-3-5-18/h1-13H,14-15H2. The van der Waals surface area contributed by atoms with Crippen LogP contribution in [0.4, 0.5) is 0 Å². The number of rotatable bonds is 7. The summed E-state index contributed by atoms with van der Waals surface area (Å²) in [4.78, 5) is 4.09. The number of para-hydroxylation sites is 1. The lowest BCUT2D eigenvalue weighted by Crippen LogP contribution is -2.03. The first-order valence-corrected chi connectivity index (χ1v) is 10.1. The number of hydrogen-bond acceptors (Lipinski definition) is 5. The second-order valence-electron chi connectivity index (χ2n) is 5.86. The van der Waals surface area contributed by atoms with E-state index in [4.69, 9.17) is 16.3 Å². The summed E-state index contributed by atoms with van der Waals surface area (Å²) in [7, 11) is 0. The topological polar surface area (TPSA) is 52.8 Å². The number of thioether (sulfide) groups is 1. The van der Waals surface area contributed by atoms with Gasteiger partial charge >= 0.3 is 0 Å². The number of pyridine rings is 1. The molecule has 0 N–H and O–H groups in total. The Morgan fingerprint density at radius 2 is 1.64 bits per heavy atom. The van der Waals surface area contributed by atoms with Crippen molar-refractivity contribution in [3.8, 4) is 22.8 Å². The fourth-order valence-corrected chi connectivity index (χ4v) is 3.58. The van der Waals surface area contributed by atoms with Crippen LogP contribution in [0, 0.1) is 0 Å². The van der Waals surface area contributed by atoms with Gasteiger partial charge < -0.3 is 4.74 Å². The summed E-state index contributed by atoms with van der Waals surface area (Å²) in [6, 6.07) is 21.3. The van der Waals surface area contributed by atoms with Gasteiger partial charge in [-0.15, -0.1) is 10.2 Å². The molecular weight excluding hydrogens is 392 g/mol. The second-order valence-corrected chi connectivity index (χ2v) is 7.36. The maximum absolute atomic E-state index is 5.90. The molecule has 140 valence electrons. The van der Waals surface area contributed by atoms with E-state index >= 15 is 0 Å². The zero-order valence-corrected chi connectivity index (χ0v) is 16.5. The van der Waals surface area contributed by atoms with Gasteiger partial charge in [0, 0.05) is 34.4 Å². The van der Waals surface area contributed by atoms with Crippen molar-refractivity contribution in [3.05, 3.63) is 84.1 Å². The Bertz CT molecular complexity index is 1020. The van der Waals surface area contributed by atoms with E-state index in [1.807, 2.05) is 66.7 Å². The molecule has 4 rings (SSSR count). The molecule has 7 heteroatoms. The van der Waals surface area contributed by atoms with Crippen LogP contribution in [0.2, 0.25) is 5.02 Å². The van der Waals surface area contributed by atoms with Crippen LogP contribution in [-0.4, -0.2) is 32.1 Å². The molecule has 0 radical (unpaired) electrons. The summed E-state index contributed by atoms with van der Waals surface area (Å²) in [5.41, 5.74) is 1.98. The molecule has 0 unspecified atom stereocenters. The van der Waals surface area contributed by atoms with Crippen LogP contribution in [0.1, 0.15) is 0 Å². The molecule has 0 aliphatic heterocycles. The number of hydrogen-bond donors (Lipinski definition) is 0. The fourth-order valence-electron chi connectivity index (χ4n) is 2.68. The highest BCUT2D eigenvalue weighted by Gasteiger charge is 2.15. The highest BCUT2D eigenvalue weighted by atomic mass is 35.5. The Balaban J connectivity index is 1.52. The van der Waals surface area contributed by atoms with Crippen molar-refractivity contribution >= 4 is 23.4 Å². The maximum Gasteiger partial charge on any atom is 0.196 e. The largest absolute Gasteiger partial charge is 0.493 e. The Morgan fingerprint density at radius 3 is 2.39 bits per heavy atom. The molecule has 0 saturated heterocycles. The van der Waals surface area contributed by atoms with E-state index in [1.165, 1.54) is 0 Å². The third-order valence-corrected chi connectivity index (χ3v) is 5.13. The molecule has 0 bridgehead atoms. The molecular formula is C21H17ClN4OS. The van der Waals surface area contributed by atoms with Crippen LogP contribution >= 0.6 is 23.4 Å². The van der Waals surface area contributed by atoms with Gasteiger partial charge in [-0.05, 0) is 48.5 Å². The van der Waals surface area contributed by atoms with Crippen molar-refractivity contribution in [2.75, 3.05) is 12.4 Å². The van der Waals surface area contributed by atoms with E-state index in [9.17, 15) is 0 Å². The van der Waals surface area contributed by atoms with E-state index in [-0.39, 0.29) is 0 Å². The van der Waals surface area contributed by atoms with Crippen molar-refractivity contribution in [3.63, 3.8) is 0 Å². The molecule has 4 aromatic rings. The van der Waals surface area contributed by atoms with Gasteiger partial charge in [0.15, 0.2) is 11.0 Å². The van der Waals surface area contributed by atoms with E-state index in [1.54, 1.807) is 24.2 Å². The van der Waals surface area contributed by atoms with Crippen molar-refractivity contribution in [2.24, 2.45) is 0 Å². The lowest BCUT2D eigenvalue weighted by Gasteiger charge is -2.10. The smallest absolute Gasteiger partial charge is 0.196 e. The average molecular weight is 409 g/mol. The van der Waals surface area contributed by atoms with Crippen LogP contribution in [0.5, 0.6) is 5.75 Å². The molecule has 0 aliphatic carbocycles. The molecule has 0 spiro atoms. The first kappa shape index (κ1) is 18.5.